The first-order chi connectivity index (χ1) is 10.2. The fourth-order valence-corrected chi connectivity index (χ4v) is 1.50. The van der Waals surface area contributed by atoms with Crippen LogP contribution in [0.25, 0.3) is 0 Å². The summed E-state index contributed by atoms with van der Waals surface area (Å²) in [5.74, 6) is 0.368. The Morgan fingerprint density at radius 3 is 1.57 bits per heavy atom. The Kier molecular flexibility index (Phi) is 14.4. The molecule has 0 aliphatic rings. The molecular formula is C15H31N5O. The van der Waals surface area contributed by atoms with Crippen molar-refractivity contribution in [2.45, 2.75) is 6.92 Å². The molecule has 0 atom stereocenters. The van der Waals surface area contributed by atoms with E-state index in [4.69, 9.17) is 16.6 Å². The summed E-state index contributed by atoms with van der Waals surface area (Å²) in [6.07, 6.45) is 0. The molecule has 1 aromatic carbocycles. The van der Waals surface area contributed by atoms with Gasteiger partial charge in [0.1, 0.15) is 5.75 Å². The Bertz CT molecular complexity index is 305. The number of phenolic OH excluding ortho intramolecular Hbond substituents is 1. The Balaban J connectivity index is 0.000000423. The van der Waals surface area contributed by atoms with Crippen molar-refractivity contribution in [3.8, 4) is 5.75 Å². The zero-order chi connectivity index (χ0) is 15.8. The van der Waals surface area contributed by atoms with E-state index in [0.29, 0.717) is 18.8 Å². The smallest absolute Gasteiger partial charge is 0.118 e. The molecule has 0 aliphatic carbocycles. The van der Waals surface area contributed by atoms with Crippen LogP contribution in [-0.2, 0) is 0 Å². The van der Waals surface area contributed by atoms with Crippen LogP contribution in [-0.4, -0.2) is 57.5 Å². The second kappa shape index (κ2) is 15.2. The van der Waals surface area contributed by atoms with Crippen LogP contribution in [0.2, 0.25) is 0 Å². The maximum absolute atomic E-state index is 8.92. The average Bonchev–Trinajstić information content (AvgIpc) is 2.49. The number of hydrogen-bond donors (Lipinski definition) is 6. The first kappa shape index (κ1) is 19.8. The third-order valence-corrected chi connectivity index (χ3v) is 2.71. The van der Waals surface area contributed by atoms with E-state index in [1.165, 1.54) is 0 Å². The number of nitrogens with one attached hydrogen (secondary N) is 3. The Hall–Kier alpha value is -1.18. The summed E-state index contributed by atoms with van der Waals surface area (Å²) in [5.41, 5.74) is 11.6. The average molecular weight is 297 g/mol. The molecule has 0 fully saturated rings. The van der Waals surface area contributed by atoms with Crippen molar-refractivity contribution in [1.29, 1.82) is 0 Å². The molecule has 0 saturated carbocycles. The number of nitrogens with two attached hydrogens (primary N) is 2. The largest absolute Gasteiger partial charge is 0.508 e. The molecule has 6 heteroatoms. The minimum absolute atomic E-state index is 0.368. The van der Waals surface area contributed by atoms with E-state index in [1.807, 2.05) is 25.1 Å². The number of aryl methyl sites for hydroxylation is 1. The van der Waals surface area contributed by atoms with Gasteiger partial charge in [-0.15, -0.1) is 0 Å². The summed E-state index contributed by atoms with van der Waals surface area (Å²) in [6.45, 7) is 9.02. The molecule has 122 valence electrons. The molecule has 1 aromatic rings. The fourth-order valence-electron chi connectivity index (χ4n) is 1.50. The second-order valence-corrected chi connectivity index (χ2v) is 4.61. The maximum atomic E-state index is 8.92. The van der Waals surface area contributed by atoms with E-state index < -0.39 is 0 Å². The highest BCUT2D eigenvalue weighted by atomic mass is 16.3. The van der Waals surface area contributed by atoms with Gasteiger partial charge in [-0.3, -0.25) is 0 Å². The van der Waals surface area contributed by atoms with Gasteiger partial charge in [-0.25, -0.2) is 0 Å². The van der Waals surface area contributed by atoms with Crippen LogP contribution >= 0.6 is 0 Å². The summed E-state index contributed by atoms with van der Waals surface area (Å²) in [7, 11) is 0. The molecule has 8 N–H and O–H groups in total. The molecule has 0 spiro atoms. The number of phenols is 1. The van der Waals surface area contributed by atoms with Crippen LogP contribution in [0.15, 0.2) is 24.3 Å². The zero-order valence-corrected chi connectivity index (χ0v) is 13.1. The van der Waals surface area contributed by atoms with Crippen LogP contribution in [0.3, 0.4) is 0 Å². The summed E-state index contributed by atoms with van der Waals surface area (Å²) < 4.78 is 0. The van der Waals surface area contributed by atoms with Crippen molar-refractivity contribution >= 4 is 0 Å². The van der Waals surface area contributed by atoms with Gasteiger partial charge >= 0.3 is 0 Å². The Labute approximate surface area is 128 Å². The molecule has 0 unspecified atom stereocenters. The molecule has 0 aliphatic heterocycles. The minimum atomic E-state index is 0.368. The van der Waals surface area contributed by atoms with E-state index in [-0.39, 0.29) is 0 Å². The molecule has 0 heterocycles. The van der Waals surface area contributed by atoms with Gasteiger partial charge in [0.25, 0.3) is 0 Å². The van der Waals surface area contributed by atoms with Crippen LogP contribution in [0.5, 0.6) is 5.75 Å². The predicted octanol–water partition coefficient (Wildman–Crippen LogP) is -0.627. The van der Waals surface area contributed by atoms with Gasteiger partial charge in [0, 0.05) is 52.4 Å². The van der Waals surface area contributed by atoms with Crippen molar-refractivity contribution in [2.75, 3.05) is 52.4 Å². The number of hydrogen-bond acceptors (Lipinski definition) is 6. The van der Waals surface area contributed by atoms with Gasteiger partial charge in [-0.05, 0) is 18.6 Å². The lowest BCUT2D eigenvalue weighted by Gasteiger charge is -2.06. The van der Waals surface area contributed by atoms with Crippen molar-refractivity contribution < 1.29 is 5.11 Å². The lowest BCUT2D eigenvalue weighted by Crippen LogP contribution is -2.35. The lowest BCUT2D eigenvalue weighted by molar-refractivity contribution is 0.471. The quantitative estimate of drug-likeness (QED) is 0.321. The number of aromatic hydroxyl groups is 1. The van der Waals surface area contributed by atoms with Crippen molar-refractivity contribution in [3.63, 3.8) is 0 Å². The van der Waals surface area contributed by atoms with E-state index in [0.717, 1.165) is 44.8 Å². The van der Waals surface area contributed by atoms with Crippen LogP contribution in [0.4, 0.5) is 0 Å². The number of para-hydroxylation sites is 1. The monoisotopic (exact) mass is 297 g/mol. The summed E-state index contributed by atoms with van der Waals surface area (Å²) in [6, 6.07) is 7.25. The highest BCUT2D eigenvalue weighted by Crippen LogP contribution is 2.12. The van der Waals surface area contributed by atoms with E-state index in [1.54, 1.807) is 6.07 Å². The summed E-state index contributed by atoms with van der Waals surface area (Å²) in [5, 5.41) is 18.6. The molecule has 0 bridgehead atoms. The minimum Gasteiger partial charge on any atom is -0.508 e. The lowest BCUT2D eigenvalue weighted by atomic mass is 10.2. The Morgan fingerprint density at radius 2 is 1.24 bits per heavy atom. The van der Waals surface area contributed by atoms with Crippen LogP contribution in [0, 0.1) is 6.92 Å². The third kappa shape index (κ3) is 13.6. The van der Waals surface area contributed by atoms with Gasteiger partial charge in [-0.2, -0.15) is 0 Å². The highest BCUT2D eigenvalue weighted by molar-refractivity contribution is 5.29. The van der Waals surface area contributed by atoms with Gasteiger partial charge in [0.15, 0.2) is 0 Å². The fraction of sp³-hybridized carbons (Fsp3) is 0.600. The van der Waals surface area contributed by atoms with Crippen molar-refractivity contribution in [3.05, 3.63) is 29.8 Å². The first-order valence-corrected chi connectivity index (χ1v) is 7.49. The number of benzene rings is 1. The molecule has 0 amide bonds. The molecule has 0 aromatic heterocycles. The zero-order valence-electron chi connectivity index (χ0n) is 13.1. The van der Waals surface area contributed by atoms with Crippen molar-refractivity contribution in [1.82, 2.24) is 16.0 Å². The maximum Gasteiger partial charge on any atom is 0.118 e. The number of rotatable bonds is 10. The summed E-state index contributed by atoms with van der Waals surface area (Å²) >= 11 is 0. The molecule has 6 nitrogen and oxygen atoms in total. The van der Waals surface area contributed by atoms with Gasteiger partial charge in [0.2, 0.25) is 0 Å². The van der Waals surface area contributed by atoms with Gasteiger partial charge < -0.3 is 32.5 Å². The molecule has 0 saturated heterocycles. The van der Waals surface area contributed by atoms with Gasteiger partial charge in [-0.1, -0.05) is 18.2 Å². The SMILES string of the molecule is Cc1ccccc1O.NCCNCCNCCNCCN. The first-order valence-electron chi connectivity index (χ1n) is 7.49. The van der Waals surface area contributed by atoms with E-state index in [2.05, 4.69) is 16.0 Å². The Morgan fingerprint density at radius 1 is 0.810 bits per heavy atom. The van der Waals surface area contributed by atoms with Crippen LogP contribution < -0.4 is 27.4 Å². The van der Waals surface area contributed by atoms with E-state index >= 15 is 0 Å². The second-order valence-electron chi connectivity index (χ2n) is 4.61. The third-order valence-electron chi connectivity index (χ3n) is 2.71. The van der Waals surface area contributed by atoms with E-state index in [9.17, 15) is 0 Å². The topological polar surface area (TPSA) is 108 Å². The van der Waals surface area contributed by atoms with Gasteiger partial charge in [0.05, 0.1) is 0 Å². The molecule has 21 heavy (non-hydrogen) atoms. The standard InChI is InChI=1S/C8H23N5.C7H8O/c9-1-3-11-5-7-13-8-6-12-4-2-10;1-6-4-2-3-5-7(6)8/h11-13H,1-10H2;2-5,8H,1H3. The molecule has 1 rings (SSSR count). The van der Waals surface area contributed by atoms with Crippen molar-refractivity contribution in [2.24, 2.45) is 11.5 Å². The molecular weight excluding hydrogens is 266 g/mol. The molecule has 0 radical (unpaired) electrons. The predicted molar refractivity (Wildman–Crippen MR) is 89.6 cm³/mol. The summed E-state index contributed by atoms with van der Waals surface area (Å²) in [4.78, 5) is 0. The normalized spacial score (nSPS) is 10.0. The highest BCUT2D eigenvalue weighted by Gasteiger charge is 1.87. The van der Waals surface area contributed by atoms with Crippen LogP contribution in [0.1, 0.15) is 5.56 Å².